The highest BCUT2D eigenvalue weighted by atomic mass is 16.7. The van der Waals surface area contributed by atoms with E-state index < -0.39 is 67.2 Å². The molecule has 1 aliphatic heterocycles. The standard InChI is InChI=1S/C20H37N3O8/c1-6-7-12(25)23-15-17(30-18(27)13(21)9(2)3)16(26)11(8-24)29-20(15)31-19(28)14(22)10(4)5/h9-11,13-17,20,24,26H,6-8,21-22H2,1-5H3,(H,23,25)/t11-,13+,14+,15-,16-,17-,20?/m1/s1. The van der Waals surface area contributed by atoms with Crippen LogP contribution in [0.3, 0.4) is 0 Å². The van der Waals surface area contributed by atoms with E-state index in [0.717, 1.165) is 0 Å². The average molecular weight is 448 g/mol. The van der Waals surface area contributed by atoms with Gasteiger partial charge >= 0.3 is 11.9 Å². The van der Waals surface area contributed by atoms with Gasteiger partial charge in [0.2, 0.25) is 12.2 Å². The lowest BCUT2D eigenvalue weighted by Crippen LogP contribution is -2.67. The number of hydrogen-bond donors (Lipinski definition) is 5. The predicted octanol–water partition coefficient (Wildman–Crippen LogP) is -1.23. The molecule has 0 bridgehead atoms. The summed E-state index contributed by atoms with van der Waals surface area (Å²) >= 11 is 0. The van der Waals surface area contributed by atoms with E-state index >= 15 is 0 Å². The van der Waals surface area contributed by atoms with Crippen molar-refractivity contribution >= 4 is 17.8 Å². The first kappa shape index (κ1) is 27.2. The lowest BCUT2D eigenvalue weighted by molar-refractivity contribution is -0.268. The smallest absolute Gasteiger partial charge is 0.325 e. The van der Waals surface area contributed by atoms with Crippen molar-refractivity contribution in [3.63, 3.8) is 0 Å². The van der Waals surface area contributed by atoms with Crippen LogP contribution in [0.1, 0.15) is 47.5 Å². The van der Waals surface area contributed by atoms with E-state index in [1.54, 1.807) is 34.6 Å². The summed E-state index contributed by atoms with van der Waals surface area (Å²) < 4.78 is 16.3. The van der Waals surface area contributed by atoms with Crippen LogP contribution >= 0.6 is 0 Å². The number of esters is 2. The van der Waals surface area contributed by atoms with Gasteiger partial charge in [0.05, 0.1) is 6.61 Å². The van der Waals surface area contributed by atoms with Crippen LogP contribution in [0.5, 0.6) is 0 Å². The van der Waals surface area contributed by atoms with Gasteiger partial charge < -0.3 is 41.2 Å². The highest BCUT2D eigenvalue weighted by Crippen LogP contribution is 2.26. The second-order valence-electron chi connectivity index (χ2n) is 8.44. The molecule has 0 aliphatic carbocycles. The number of carbonyl (C=O) groups is 3. The molecule has 0 spiro atoms. The van der Waals surface area contributed by atoms with Gasteiger partial charge in [-0.25, -0.2) is 0 Å². The molecule has 0 aromatic rings. The van der Waals surface area contributed by atoms with E-state index in [1.165, 1.54) is 0 Å². The molecule has 11 heteroatoms. The molecule has 1 unspecified atom stereocenters. The van der Waals surface area contributed by atoms with Crippen molar-refractivity contribution in [2.75, 3.05) is 6.61 Å². The highest BCUT2D eigenvalue weighted by Gasteiger charge is 2.50. The zero-order valence-corrected chi connectivity index (χ0v) is 18.8. The summed E-state index contributed by atoms with van der Waals surface area (Å²) in [5.74, 6) is -2.51. The molecule has 1 fully saturated rings. The van der Waals surface area contributed by atoms with Crippen LogP contribution in [0.4, 0.5) is 0 Å². The maximum atomic E-state index is 12.5. The Balaban J connectivity index is 3.23. The van der Waals surface area contributed by atoms with Gasteiger partial charge in [-0.3, -0.25) is 14.4 Å². The fourth-order valence-corrected chi connectivity index (χ4v) is 2.90. The summed E-state index contributed by atoms with van der Waals surface area (Å²) in [6, 6.07) is -3.18. The molecule has 7 atom stereocenters. The molecule has 11 nitrogen and oxygen atoms in total. The lowest BCUT2D eigenvalue weighted by Gasteiger charge is -2.43. The molecule has 0 radical (unpaired) electrons. The number of ether oxygens (including phenoxy) is 3. The zero-order valence-electron chi connectivity index (χ0n) is 18.8. The van der Waals surface area contributed by atoms with Gasteiger partial charge in [0, 0.05) is 6.42 Å². The monoisotopic (exact) mass is 447 g/mol. The second-order valence-corrected chi connectivity index (χ2v) is 8.44. The van der Waals surface area contributed by atoms with E-state index in [9.17, 15) is 24.6 Å². The Labute approximate surface area is 182 Å². The molecule has 1 saturated heterocycles. The number of hydrogen-bond acceptors (Lipinski definition) is 10. The SMILES string of the molecule is CCCC(=O)N[C@H]1C(OC(=O)[C@@H](N)C(C)C)O[C@H](CO)[C@@H](O)[C@@H]1OC(=O)[C@@H](N)C(C)C. The summed E-state index contributed by atoms with van der Waals surface area (Å²) in [5, 5.41) is 22.9. The molecular weight excluding hydrogens is 410 g/mol. The molecule has 7 N–H and O–H groups in total. The summed E-state index contributed by atoms with van der Waals surface area (Å²) in [7, 11) is 0. The van der Waals surface area contributed by atoms with Gasteiger partial charge in [0.1, 0.15) is 30.3 Å². The Hall–Kier alpha value is -1.79. The molecule has 0 aromatic carbocycles. The van der Waals surface area contributed by atoms with Crippen LogP contribution in [0.15, 0.2) is 0 Å². The molecular formula is C20H37N3O8. The first-order valence-corrected chi connectivity index (χ1v) is 10.6. The molecule has 0 saturated carbocycles. The van der Waals surface area contributed by atoms with Crippen molar-refractivity contribution in [3.05, 3.63) is 0 Å². The quantitative estimate of drug-likeness (QED) is 0.254. The van der Waals surface area contributed by atoms with Crippen molar-refractivity contribution < 1.29 is 38.8 Å². The maximum Gasteiger partial charge on any atom is 0.325 e. The topological polar surface area (TPSA) is 183 Å². The largest absolute Gasteiger partial charge is 0.456 e. The van der Waals surface area contributed by atoms with Crippen LogP contribution in [0.25, 0.3) is 0 Å². The molecule has 1 heterocycles. The predicted molar refractivity (Wildman–Crippen MR) is 110 cm³/mol. The third kappa shape index (κ3) is 7.39. The summed E-state index contributed by atoms with van der Waals surface area (Å²) in [6.45, 7) is 8.05. The average Bonchev–Trinajstić information content (AvgIpc) is 2.70. The number of amides is 1. The Morgan fingerprint density at radius 2 is 1.55 bits per heavy atom. The second kappa shape index (κ2) is 12.3. The Bertz CT molecular complexity index is 615. The van der Waals surface area contributed by atoms with E-state index in [-0.39, 0.29) is 18.3 Å². The van der Waals surface area contributed by atoms with Crippen LogP contribution < -0.4 is 16.8 Å². The normalized spacial score (nSPS) is 28.2. The summed E-state index contributed by atoms with van der Waals surface area (Å²) in [4.78, 5) is 37.2. The Morgan fingerprint density at radius 3 is 2.00 bits per heavy atom. The minimum atomic E-state index is -1.51. The Kier molecular flexibility index (Phi) is 10.8. The number of aliphatic hydroxyl groups is 2. The van der Waals surface area contributed by atoms with Crippen LogP contribution in [0.2, 0.25) is 0 Å². The minimum Gasteiger partial charge on any atom is -0.456 e. The van der Waals surface area contributed by atoms with Gasteiger partial charge in [-0.2, -0.15) is 0 Å². The number of aliphatic hydroxyl groups excluding tert-OH is 2. The third-order valence-electron chi connectivity index (χ3n) is 5.12. The molecule has 0 aromatic heterocycles. The molecule has 31 heavy (non-hydrogen) atoms. The first-order chi connectivity index (χ1) is 14.4. The van der Waals surface area contributed by atoms with Crippen LogP contribution in [-0.2, 0) is 28.6 Å². The molecule has 180 valence electrons. The maximum absolute atomic E-state index is 12.5. The third-order valence-corrected chi connectivity index (χ3v) is 5.12. The van der Waals surface area contributed by atoms with Crippen LogP contribution in [-0.4, -0.2) is 77.4 Å². The zero-order chi connectivity index (χ0) is 23.9. The van der Waals surface area contributed by atoms with Gasteiger partial charge in [-0.15, -0.1) is 0 Å². The van der Waals surface area contributed by atoms with Crippen molar-refractivity contribution in [1.82, 2.24) is 5.32 Å². The van der Waals surface area contributed by atoms with E-state index in [0.29, 0.717) is 6.42 Å². The van der Waals surface area contributed by atoms with E-state index in [4.69, 9.17) is 25.7 Å². The van der Waals surface area contributed by atoms with Crippen molar-refractivity contribution in [3.8, 4) is 0 Å². The van der Waals surface area contributed by atoms with Gasteiger partial charge in [-0.1, -0.05) is 34.6 Å². The van der Waals surface area contributed by atoms with Crippen molar-refractivity contribution in [2.45, 2.75) is 90.2 Å². The fraction of sp³-hybridized carbons (Fsp3) is 0.850. The van der Waals surface area contributed by atoms with Crippen molar-refractivity contribution in [2.24, 2.45) is 23.3 Å². The molecule has 1 amide bonds. The number of carbonyl (C=O) groups excluding carboxylic acids is 3. The van der Waals surface area contributed by atoms with Crippen LogP contribution in [0, 0.1) is 11.8 Å². The fourth-order valence-electron chi connectivity index (χ4n) is 2.90. The number of rotatable bonds is 10. The number of nitrogens with one attached hydrogen (secondary N) is 1. The molecule has 1 aliphatic rings. The Morgan fingerprint density at radius 1 is 1.03 bits per heavy atom. The lowest BCUT2D eigenvalue weighted by atomic mass is 9.95. The molecule has 1 rings (SSSR count). The van der Waals surface area contributed by atoms with Crippen molar-refractivity contribution in [1.29, 1.82) is 0 Å². The van der Waals surface area contributed by atoms with E-state index in [2.05, 4.69) is 5.32 Å². The van der Waals surface area contributed by atoms with Gasteiger partial charge in [0.25, 0.3) is 0 Å². The number of nitrogens with two attached hydrogens (primary N) is 2. The summed E-state index contributed by atoms with van der Waals surface area (Å²) in [6.07, 6.45) is -4.89. The van der Waals surface area contributed by atoms with Gasteiger partial charge in [-0.05, 0) is 18.3 Å². The summed E-state index contributed by atoms with van der Waals surface area (Å²) in [5.41, 5.74) is 11.7. The highest BCUT2D eigenvalue weighted by molar-refractivity contribution is 5.78. The first-order valence-electron chi connectivity index (χ1n) is 10.6. The minimum absolute atomic E-state index is 0.147. The van der Waals surface area contributed by atoms with E-state index in [1.807, 2.05) is 0 Å². The van der Waals surface area contributed by atoms with Gasteiger partial charge in [0.15, 0.2) is 6.10 Å².